The number of rotatable bonds is 5. The van der Waals surface area contributed by atoms with Crippen molar-refractivity contribution >= 4 is 5.97 Å². The number of alkyl halides is 6. The van der Waals surface area contributed by atoms with Crippen molar-refractivity contribution in [3.8, 4) is 0 Å². The average molecular weight is 494 g/mol. The Morgan fingerprint density at radius 2 is 1.20 bits per heavy atom. The van der Waals surface area contributed by atoms with Gasteiger partial charge < -0.3 is 4.74 Å². The first-order valence-corrected chi connectivity index (χ1v) is 10.6. The molecule has 0 radical (unpaired) electrons. The van der Waals surface area contributed by atoms with Gasteiger partial charge in [-0.2, -0.15) is 26.3 Å². The second kappa shape index (κ2) is 9.35. The van der Waals surface area contributed by atoms with Crippen molar-refractivity contribution in [2.45, 2.75) is 36.7 Å². The molecule has 1 aliphatic rings. The molecule has 184 valence electrons. The van der Waals surface area contributed by atoms with E-state index in [0.717, 1.165) is 24.3 Å². The fourth-order valence-corrected chi connectivity index (χ4v) is 4.10. The van der Waals surface area contributed by atoms with Crippen molar-refractivity contribution in [2.75, 3.05) is 0 Å². The lowest BCUT2D eigenvalue weighted by molar-refractivity contribution is -0.218. The van der Waals surface area contributed by atoms with Gasteiger partial charge in [0.05, 0.1) is 17.6 Å². The Hall–Kier alpha value is -3.37. The summed E-state index contributed by atoms with van der Waals surface area (Å²) in [5.41, 5.74) is 0.755. The second-order valence-corrected chi connectivity index (χ2v) is 8.15. The van der Waals surface area contributed by atoms with Gasteiger partial charge in [-0.1, -0.05) is 72.8 Å². The molecule has 0 aromatic heterocycles. The molecular formula is C25H20F6N2O2. The van der Waals surface area contributed by atoms with Gasteiger partial charge in [0.1, 0.15) is 0 Å². The van der Waals surface area contributed by atoms with E-state index in [1.54, 1.807) is 60.7 Å². The van der Waals surface area contributed by atoms with Crippen LogP contribution < -0.4 is 10.6 Å². The SMILES string of the molecule is O=C(OC1(Cc2ccc(C(F)(F)F)cc2)NC(c2ccccc2)C(c2ccccc2)N1)C(F)(F)F. The number of carbonyl (C=O) groups is 1. The summed E-state index contributed by atoms with van der Waals surface area (Å²) in [4.78, 5) is 11.9. The standard InChI is InChI=1S/C25H20F6N2O2/c26-24(27,28)19-13-11-16(12-14-19)15-23(35-22(34)25(29,30)31)32-20(17-7-3-1-4-8-17)21(33-23)18-9-5-2-6-10-18/h1-14,20-21,32-33H,15H2. The van der Waals surface area contributed by atoms with Crippen LogP contribution in [0.1, 0.15) is 34.3 Å². The van der Waals surface area contributed by atoms with Gasteiger partial charge in [0, 0.05) is 6.42 Å². The Kier molecular flexibility index (Phi) is 6.61. The maximum absolute atomic E-state index is 13.2. The molecule has 4 nitrogen and oxygen atoms in total. The summed E-state index contributed by atoms with van der Waals surface area (Å²) >= 11 is 0. The Balaban J connectivity index is 1.74. The van der Waals surface area contributed by atoms with Crippen molar-refractivity contribution < 1.29 is 35.9 Å². The summed E-state index contributed by atoms with van der Waals surface area (Å²) < 4.78 is 83.4. The number of carbonyl (C=O) groups excluding carboxylic acids is 1. The predicted molar refractivity (Wildman–Crippen MR) is 115 cm³/mol. The minimum atomic E-state index is -5.27. The Bertz CT molecular complexity index is 1100. The van der Waals surface area contributed by atoms with Gasteiger partial charge in [0.15, 0.2) is 0 Å². The molecule has 2 unspecified atom stereocenters. The van der Waals surface area contributed by atoms with Crippen molar-refractivity contribution in [3.05, 3.63) is 107 Å². The third kappa shape index (κ3) is 5.66. The first-order valence-electron chi connectivity index (χ1n) is 10.6. The predicted octanol–water partition coefficient (Wildman–Crippen LogP) is 5.68. The van der Waals surface area contributed by atoms with Crippen LogP contribution in [-0.4, -0.2) is 18.0 Å². The number of hydrogen-bond donors (Lipinski definition) is 2. The zero-order valence-corrected chi connectivity index (χ0v) is 18.0. The van der Waals surface area contributed by atoms with Crippen LogP contribution in [0, 0.1) is 0 Å². The quantitative estimate of drug-likeness (QED) is 0.354. The highest BCUT2D eigenvalue weighted by atomic mass is 19.4. The van der Waals surface area contributed by atoms with E-state index >= 15 is 0 Å². The molecule has 0 aliphatic carbocycles. The topological polar surface area (TPSA) is 50.4 Å². The second-order valence-electron chi connectivity index (χ2n) is 8.15. The number of benzene rings is 3. The third-order valence-corrected chi connectivity index (χ3v) is 5.66. The molecule has 3 aromatic carbocycles. The molecule has 0 spiro atoms. The normalized spacial score (nSPS) is 22.7. The molecule has 1 aliphatic heterocycles. The molecule has 1 heterocycles. The molecule has 3 aromatic rings. The van der Waals surface area contributed by atoms with Gasteiger partial charge >= 0.3 is 18.3 Å². The summed E-state index contributed by atoms with van der Waals surface area (Å²) in [5.74, 6) is -4.47. The molecule has 35 heavy (non-hydrogen) atoms. The van der Waals surface area contributed by atoms with E-state index in [4.69, 9.17) is 4.74 Å². The van der Waals surface area contributed by atoms with Crippen LogP contribution in [0.3, 0.4) is 0 Å². The summed E-state index contributed by atoms with van der Waals surface area (Å²) in [6.07, 6.45) is -10.2. The van der Waals surface area contributed by atoms with Crippen molar-refractivity contribution in [3.63, 3.8) is 0 Å². The third-order valence-electron chi connectivity index (χ3n) is 5.66. The van der Waals surface area contributed by atoms with Crippen LogP contribution in [0.5, 0.6) is 0 Å². The van der Waals surface area contributed by atoms with Crippen LogP contribution in [0.4, 0.5) is 26.3 Å². The minimum absolute atomic E-state index is 0.230. The Morgan fingerprint density at radius 3 is 1.60 bits per heavy atom. The summed E-state index contributed by atoms with van der Waals surface area (Å²) in [5, 5.41) is 5.98. The number of esters is 1. The molecule has 4 rings (SSSR count). The van der Waals surface area contributed by atoms with E-state index in [0.29, 0.717) is 11.1 Å². The first kappa shape index (κ1) is 24.7. The van der Waals surface area contributed by atoms with E-state index in [2.05, 4.69) is 10.6 Å². The molecule has 0 amide bonds. The summed E-state index contributed by atoms with van der Waals surface area (Å²) in [6.45, 7) is 0. The van der Waals surface area contributed by atoms with Crippen LogP contribution in [-0.2, 0) is 22.1 Å². The molecule has 0 bridgehead atoms. The van der Waals surface area contributed by atoms with E-state index in [1.807, 2.05) is 0 Å². The van der Waals surface area contributed by atoms with Gasteiger partial charge in [-0.25, -0.2) is 4.79 Å². The maximum Gasteiger partial charge on any atom is 0.491 e. The first-order chi connectivity index (χ1) is 16.5. The molecule has 1 saturated heterocycles. The highest BCUT2D eigenvalue weighted by Crippen LogP contribution is 2.39. The highest BCUT2D eigenvalue weighted by Gasteiger charge is 2.52. The zero-order chi connectivity index (χ0) is 25.3. The summed E-state index contributed by atoms with van der Waals surface area (Å²) in [6, 6.07) is 20.4. The van der Waals surface area contributed by atoms with Gasteiger partial charge in [0.25, 0.3) is 0 Å². The number of halogens is 6. The smallest absolute Gasteiger partial charge is 0.423 e. The number of ether oxygens (including phenoxy) is 1. The van der Waals surface area contributed by atoms with E-state index in [1.165, 1.54) is 0 Å². The fraction of sp³-hybridized carbons (Fsp3) is 0.240. The minimum Gasteiger partial charge on any atom is -0.423 e. The van der Waals surface area contributed by atoms with Crippen LogP contribution in [0.2, 0.25) is 0 Å². The maximum atomic E-state index is 13.2. The van der Waals surface area contributed by atoms with Crippen LogP contribution in [0.15, 0.2) is 84.9 Å². The molecule has 0 saturated carbocycles. The molecule has 10 heteroatoms. The zero-order valence-electron chi connectivity index (χ0n) is 18.0. The molecule has 1 fully saturated rings. The average Bonchev–Trinajstić information content (AvgIpc) is 3.18. The van der Waals surface area contributed by atoms with Crippen LogP contribution >= 0.6 is 0 Å². The Morgan fingerprint density at radius 1 is 0.743 bits per heavy atom. The van der Waals surface area contributed by atoms with Crippen molar-refractivity contribution in [1.29, 1.82) is 0 Å². The lowest BCUT2D eigenvalue weighted by atomic mass is 9.95. The van der Waals surface area contributed by atoms with E-state index in [-0.39, 0.29) is 12.0 Å². The van der Waals surface area contributed by atoms with Gasteiger partial charge in [-0.05, 0) is 28.8 Å². The largest absolute Gasteiger partial charge is 0.491 e. The number of nitrogens with one attached hydrogen (secondary N) is 2. The van der Waals surface area contributed by atoms with E-state index in [9.17, 15) is 31.1 Å². The molecule has 2 N–H and O–H groups in total. The van der Waals surface area contributed by atoms with Gasteiger partial charge in [0.2, 0.25) is 5.85 Å². The summed E-state index contributed by atoms with van der Waals surface area (Å²) in [7, 11) is 0. The van der Waals surface area contributed by atoms with Crippen molar-refractivity contribution in [1.82, 2.24) is 10.6 Å². The van der Waals surface area contributed by atoms with Crippen molar-refractivity contribution in [2.24, 2.45) is 0 Å². The van der Waals surface area contributed by atoms with E-state index < -0.39 is 41.8 Å². The highest BCUT2D eigenvalue weighted by molar-refractivity contribution is 5.76. The molecular weight excluding hydrogens is 474 g/mol. The van der Waals surface area contributed by atoms with Gasteiger partial charge in [-0.15, -0.1) is 0 Å². The Labute approximate surface area is 196 Å². The lowest BCUT2D eigenvalue weighted by Crippen LogP contribution is -2.56. The van der Waals surface area contributed by atoms with Gasteiger partial charge in [-0.3, -0.25) is 10.6 Å². The lowest BCUT2D eigenvalue weighted by Gasteiger charge is -2.31. The van der Waals surface area contributed by atoms with Crippen LogP contribution in [0.25, 0.3) is 0 Å². The monoisotopic (exact) mass is 494 g/mol. The molecule has 2 atom stereocenters. The fourth-order valence-electron chi connectivity index (χ4n) is 4.10. The number of hydrogen-bond acceptors (Lipinski definition) is 4.